The standard InChI is InChI=1S/C16H23NO/c1-12(2)9-10-17-14-11-16(3,4)18-15-8-6-5-7-13(14)15/h5-9,14,17H,10-11H2,1-4H3. The van der Waals surface area contributed by atoms with Crippen LogP contribution in [-0.4, -0.2) is 12.1 Å². The van der Waals surface area contributed by atoms with E-state index in [9.17, 15) is 0 Å². The van der Waals surface area contributed by atoms with Crippen molar-refractivity contribution in [2.45, 2.75) is 45.8 Å². The fraction of sp³-hybridized carbons (Fsp3) is 0.500. The van der Waals surface area contributed by atoms with Crippen molar-refractivity contribution in [3.63, 3.8) is 0 Å². The summed E-state index contributed by atoms with van der Waals surface area (Å²) in [4.78, 5) is 0. The van der Waals surface area contributed by atoms with Gasteiger partial charge in [-0.3, -0.25) is 0 Å². The molecule has 1 aromatic carbocycles. The Morgan fingerprint density at radius 1 is 1.39 bits per heavy atom. The van der Waals surface area contributed by atoms with E-state index in [2.05, 4.69) is 57.3 Å². The molecule has 2 rings (SSSR count). The second-order valence-electron chi connectivity index (χ2n) is 5.85. The molecular weight excluding hydrogens is 222 g/mol. The van der Waals surface area contributed by atoms with E-state index in [1.165, 1.54) is 11.1 Å². The lowest BCUT2D eigenvalue weighted by atomic mass is 9.90. The van der Waals surface area contributed by atoms with Crippen LogP contribution in [0, 0.1) is 0 Å². The lowest BCUT2D eigenvalue weighted by Crippen LogP contribution is -2.39. The summed E-state index contributed by atoms with van der Waals surface area (Å²) in [6, 6.07) is 8.71. The van der Waals surface area contributed by atoms with E-state index in [0.29, 0.717) is 6.04 Å². The van der Waals surface area contributed by atoms with Crippen molar-refractivity contribution < 1.29 is 4.74 Å². The molecule has 0 fully saturated rings. The van der Waals surface area contributed by atoms with E-state index in [1.54, 1.807) is 0 Å². The summed E-state index contributed by atoms with van der Waals surface area (Å²) in [6.45, 7) is 9.47. The topological polar surface area (TPSA) is 21.3 Å². The second-order valence-corrected chi connectivity index (χ2v) is 5.85. The van der Waals surface area contributed by atoms with E-state index >= 15 is 0 Å². The van der Waals surface area contributed by atoms with Gasteiger partial charge in [0.25, 0.3) is 0 Å². The minimum Gasteiger partial charge on any atom is -0.487 e. The van der Waals surface area contributed by atoms with Gasteiger partial charge in [0.1, 0.15) is 11.4 Å². The average molecular weight is 245 g/mol. The van der Waals surface area contributed by atoms with Crippen molar-refractivity contribution in [3.05, 3.63) is 41.5 Å². The van der Waals surface area contributed by atoms with Crippen LogP contribution in [0.2, 0.25) is 0 Å². The van der Waals surface area contributed by atoms with Gasteiger partial charge in [0.2, 0.25) is 0 Å². The van der Waals surface area contributed by atoms with Gasteiger partial charge in [-0.05, 0) is 33.8 Å². The number of hydrogen-bond acceptors (Lipinski definition) is 2. The molecule has 1 aliphatic heterocycles. The number of hydrogen-bond donors (Lipinski definition) is 1. The molecule has 0 saturated carbocycles. The maximum Gasteiger partial charge on any atom is 0.124 e. The summed E-state index contributed by atoms with van der Waals surface area (Å²) in [6.07, 6.45) is 3.23. The van der Waals surface area contributed by atoms with E-state index in [0.717, 1.165) is 18.7 Å². The third-order valence-corrected chi connectivity index (χ3v) is 3.25. The van der Waals surface area contributed by atoms with Crippen LogP contribution in [0.5, 0.6) is 5.75 Å². The first kappa shape index (κ1) is 13.2. The zero-order valence-corrected chi connectivity index (χ0v) is 11.8. The molecule has 0 bridgehead atoms. The molecular formula is C16H23NO. The van der Waals surface area contributed by atoms with Gasteiger partial charge in [0.05, 0.1) is 0 Å². The highest BCUT2D eigenvalue weighted by Gasteiger charge is 2.32. The molecule has 18 heavy (non-hydrogen) atoms. The van der Waals surface area contributed by atoms with Crippen LogP contribution in [0.25, 0.3) is 0 Å². The van der Waals surface area contributed by atoms with Gasteiger partial charge in [0.15, 0.2) is 0 Å². The average Bonchev–Trinajstić information content (AvgIpc) is 2.27. The molecule has 2 nitrogen and oxygen atoms in total. The Hall–Kier alpha value is -1.28. The third kappa shape index (κ3) is 3.14. The SMILES string of the molecule is CC(C)=CCNC1CC(C)(C)Oc2ccccc21. The smallest absolute Gasteiger partial charge is 0.124 e. The Labute approximate surface area is 110 Å². The molecule has 0 spiro atoms. The van der Waals surface area contributed by atoms with Crippen LogP contribution in [0.3, 0.4) is 0 Å². The monoisotopic (exact) mass is 245 g/mol. The lowest BCUT2D eigenvalue weighted by molar-refractivity contribution is 0.0668. The summed E-state index contributed by atoms with van der Waals surface area (Å²) in [5, 5.41) is 3.61. The molecule has 1 unspecified atom stereocenters. The molecule has 1 aromatic rings. The lowest BCUT2D eigenvalue weighted by Gasteiger charge is -2.38. The Morgan fingerprint density at radius 3 is 2.83 bits per heavy atom. The van der Waals surface area contributed by atoms with Gasteiger partial charge in [-0.1, -0.05) is 29.8 Å². The van der Waals surface area contributed by atoms with Crippen molar-refractivity contribution in [1.82, 2.24) is 5.32 Å². The largest absolute Gasteiger partial charge is 0.487 e. The van der Waals surface area contributed by atoms with Gasteiger partial charge in [-0.25, -0.2) is 0 Å². The number of benzene rings is 1. The van der Waals surface area contributed by atoms with Crippen LogP contribution in [0.1, 0.15) is 45.7 Å². The summed E-state index contributed by atoms with van der Waals surface area (Å²) >= 11 is 0. The van der Waals surface area contributed by atoms with E-state index < -0.39 is 0 Å². The molecule has 0 radical (unpaired) electrons. The zero-order chi connectivity index (χ0) is 13.2. The molecule has 0 aliphatic carbocycles. The van der Waals surface area contributed by atoms with Gasteiger partial charge in [-0.2, -0.15) is 0 Å². The van der Waals surface area contributed by atoms with Crippen molar-refractivity contribution in [1.29, 1.82) is 0 Å². The Bertz CT molecular complexity index is 444. The number of fused-ring (bicyclic) bond motifs is 1. The molecule has 0 aromatic heterocycles. The van der Waals surface area contributed by atoms with Gasteiger partial charge in [-0.15, -0.1) is 0 Å². The van der Waals surface area contributed by atoms with E-state index in [1.807, 2.05) is 6.07 Å². The first-order valence-electron chi connectivity index (χ1n) is 6.63. The summed E-state index contributed by atoms with van der Waals surface area (Å²) in [5.74, 6) is 1.02. The van der Waals surface area contributed by atoms with Crippen molar-refractivity contribution in [2.24, 2.45) is 0 Å². The van der Waals surface area contributed by atoms with E-state index in [-0.39, 0.29) is 5.60 Å². The third-order valence-electron chi connectivity index (χ3n) is 3.25. The molecule has 1 N–H and O–H groups in total. The van der Waals surface area contributed by atoms with Crippen molar-refractivity contribution in [3.8, 4) is 5.75 Å². The van der Waals surface area contributed by atoms with Crippen LogP contribution in [-0.2, 0) is 0 Å². The van der Waals surface area contributed by atoms with Crippen LogP contribution < -0.4 is 10.1 Å². The maximum absolute atomic E-state index is 6.02. The predicted octanol–water partition coefficient (Wildman–Crippen LogP) is 3.84. The van der Waals surface area contributed by atoms with Gasteiger partial charge < -0.3 is 10.1 Å². The Kier molecular flexibility index (Phi) is 3.76. The quantitative estimate of drug-likeness (QED) is 0.817. The fourth-order valence-electron chi connectivity index (χ4n) is 2.39. The number of rotatable bonds is 3. The molecule has 1 heterocycles. The molecule has 0 amide bonds. The highest BCUT2D eigenvalue weighted by atomic mass is 16.5. The number of nitrogens with one attached hydrogen (secondary N) is 1. The highest BCUT2D eigenvalue weighted by molar-refractivity contribution is 5.38. The predicted molar refractivity (Wildman–Crippen MR) is 75.9 cm³/mol. The molecule has 1 aliphatic rings. The highest BCUT2D eigenvalue weighted by Crippen LogP contribution is 2.38. The van der Waals surface area contributed by atoms with Crippen molar-refractivity contribution in [2.75, 3.05) is 6.54 Å². The minimum atomic E-state index is -0.100. The zero-order valence-electron chi connectivity index (χ0n) is 11.8. The van der Waals surface area contributed by atoms with Crippen LogP contribution in [0.4, 0.5) is 0 Å². The summed E-state index contributed by atoms with van der Waals surface area (Å²) < 4.78 is 6.02. The number of allylic oxidation sites excluding steroid dienone is 1. The normalized spacial score (nSPS) is 20.8. The first-order chi connectivity index (χ1) is 8.48. The van der Waals surface area contributed by atoms with E-state index in [4.69, 9.17) is 4.74 Å². The second kappa shape index (κ2) is 5.15. The number of para-hydroxylation sites is 1. The molecule has 0 saturated heterocycles. The van der Waals surface area contributed by atoms with Crippen molar-refractivity contribution >= 4 is 0 Å². The minimum absolute atomic E-state index is 0.100. The summed E-state index contributed by atoms with van der Waals surface area (Å²) in [7, 11) is 0. The van der Waals surface area contributed by atoms with Gasteiger partial charge in [0, 0.05) is 24.6 Å². The molecule has 1 atom stereocenters. The fourth-order valence-corrected chi connectivity index (χ4v) is 2.39. The Morgan fingerprint density at radius 2 is 2.11 bits per heavy atom. The van der Waals surface area contributed by atoms with Crippen LogP contribution >= 0.6 is 0 Å². The Balaban J connectivity index is 2.17. The van der Waals surface area contributed by atoms with Gasteiger partial charge >= 0.3 is 0 Å². The molecule has 98 valence electrons. The maximum atomic E-state index is 6.02. The number of ether oxygens (including phenoxy) is 1. The summed E-state index contributed by atoms with van der Waals surface area (Å²) in [5.41, 5.74) is 2.53. The molecule has 2 heteroatoms. The first-order valence-corrected chi connectivity index (χ1v) is 6.63. The van der Waals surface area contributed by atoms with Crippen LogP contribution in [0.15, 0.2) is 35.9 Å².